The Bertz CT molecular complexity index is 738. The number of piperidine rings is 1. The normalized spacial score (nSPS) is 28.2. The molecule has 2 fully saturated rings. The number of amides is 1. The fourth-order valence-electron chi connectivity index (χ4n) is 4.35. The Kier molecular flexibility index (Phi) is 3.84. The number of benzene rings is 1. The van der Waals surface area contributed by atoms with Crippen LogP contribution in [0.3, 0.4) is 0 Å². The highest BCUT2D eigenvalue weighted by atomic mass is 16.4. The van der Waals surface area contributed by atoms with Crippen LogP contribution in [0.25, 0.3) is 0 Å². The van der Waals surface area contributed by atoms with Gasteiger partial charge in [-0.25, -0.2) is 0 Å². The van der Waals surface area contributed by atoms with Crippen LogP contribution in [0.15, 0.2) is 47.1 Å². The molecule has 0 spiro atoms. The molecule has 2 aliphatic heterocycles. The van der Waals surface area contributed by atoms with Crippen LogP contribution in [0, 0.1) is 0 Å². The van der Waals surface area contributed by atoms with E-state index < -0.39 is 5.60 Å². The van der Waals surface area contributed by atoms with Gasteiger partial charge in [-0.3, -0.25) is 4.79 Å². The molecule has 5 heteroatoms. The molecule has 0 unspecified atom stereocenters. The van der Waals surface area contributed by atoms with Crippen molar-refractivity contribution in [1.29, 1.82) is 0 Å². The Hall–Kier alpha value is -2.27. The van der Waals surface area contributed by atoms with Gasteiger partial charge < -0.3 is 19.3 Å². The average molecular weight is 340 g/mol. The first-order valence-corrected chi connectivity index (χ1v) is 8.84. The van der Waals surface area contributed by atoms with Gasteiger partial charge in [0.2, 0.25) is 0 Å². The summed E-state index contributed by atoms with van der Waals surface area (Å²) in [5, 5.41) is 11.0. The number of rotatable bonds is 3. The van der Waals surface area contributed by atoms with E-state index in [0.717, 1.165) is 18.5 Å². The molecular weight excluding hydrogens is 316 g/mol. The molecule has 4 rings (SSSR count). The van der Waals surface area contributed by atoms with Gasteiger partial charge in [0.15, 0.2) is 0 Å². The number of carbonyl (C=O) groups is 1. The predicted molar refractivity (Wildman–Crippen MR) is 95.6 cm³/mol. The van der Waals surface area contributed by atoms with Gasteiger partial charge in [0, 0.05) is 50.3 Å². The Labute approximate surface area is 147 Å². The van der Waals surface area contributed by atoms with Crippen molar-refractivity contribution in [3.8, 4) is 0 Å². The molecule has 1 N–H and O–H groups in total. The van der Waals surface area contributed by atoms with E-state index in [4.69, 9.17) is 4.42 Å². The van der Waals surface area contributed by atoms with E-state index >= 15 is 0 Å². The Morgan fingerprint density at radius 2 is 1.80 bits per heavy atom. The summed E-state index contributed by atoms with van der Waals surface area (Å²) in [4.78, 5) is 17.1. The van der Waals surface area contributed by atoms with Crippen molar-refractivity contribution in [2.75, 3.05) is 19.0 Å². The van der Waals surface area contributed by atoms with Crippen molar-refractivity contribution >= 4 is 11.6 Å². The fraction of sp³-hybridized carbons (Fsp3) is 0.450. The second-order valence-electron chi connectivity index (χ2n) is 7.46. The van der Waals surface area contributed by atoms with Crippen LogP contribution in [-0.4, -0.2) is 42.1 Å². The van der Waals surface area contributed by atoms with Gasteiger partial charge in [-0.2, -0.15) is 0 Å². The van der Waals surface area contributed by atoms with Crippen molar-refractivity contribution in [1.82, 2.24) is 4.90 Å². The second-order valence-corrected chi connectivity index (χ2v) is 7.46. The fourth-order valence-corrected chi connectivity index (χ4v) is 4.35. The van der Waals surface area contributed by atoms with E-state index in [0.29, 0.717) is 24.2 Å². The van der Waals surface area contributed by atoms with Crippen molar-refractivity contribution in [2.24, 2.45) is 0 Å². The maximum absolute atomic E-state index is 13.0. The van der Waals surface area contributed by atoms with Gasteiger partial charge in [-0.1, -0.05) is 0 Å². The quantitative estimate of drug-likeness (QED) is 0.933. The summed E-state index contributed by atoms with van der Waals surface area (Å²) in [5.74, 6) is 0.686. The van der Waals surface area contributed by atoms with Gasteiger partial charge >= 0.3 is 0 Å². The summed E-state index contributed by atoms with van der Waals surface area (Å²) < 4.78 is 5.46. The van der Waals surface area contributed by atoms with Crippen LogP contribution < -0.4 is 4.90 Å². The average Bonchev–Trinajstić information content (AvgIpc) is 3.22. The number of hydrogen-bond donors (Lipinski definition) is 1. The maximum Gasteiger partial charge on any atom is 0.254 e. The third-order valence-corrected chi connectivity index (χ3v) is 5.61. The van der Waals surface area contributed by atoms with Crippen LogP contribution in [0.2, 0.25) is 0 Å². The van der Waals surface area contributed by atoms with Crippen molar-refractivity contribution < 1.29 is 14.3 Å². The van der Waals surface area contributed by atoms with Gasteiger partial charge in [0.05, 0.1) is 6.26 Å². The summed E-state index contributed by atoms with van der Waals surface area (Å²) in [6, 6.07) is 11.5. The lowest BCUT2D eigenvalue weighted by molar-refractivity contribution is -0.0615. The SMILES string of the molecule is CN(C)c1ccc(C(=O)N2[C@@H]3CC[C@@H]2CC(O)(c2ccco2)C3)cc1. The molecule has 1 aromatic carbocycles. The summed E-state index contributed by atoms with van der Waals surface area (Å²) >= 11 is 0. The minimum absolute atomic E-state index is 0.0647. The number of fused-ring (bicyclic) bond motifs is 2. The number of carbonyl (C=O) groups excluding carboxylic acids is 1. The summed E-state index contributed by atoms with van der Waals surface area (Å²) in [6.45, 7) is 0. The second kappa shape index (κ2) is 5.92. The molecule has 2 saturated heterocycles. The molecule has 2 bridgehead atoms. The number of aliphatic hydroxyl groups is 1. The van der Waals surface area contributed by atoms with Crippen molar-refractivity contribution in [2.45, 2.75) is 43.4 Å². The predicted octanol–water partition coefficient (Wildman–Crippen LogP) is 3.00. The van der Waals surface area contributed by atoms with Gasteiger partial charge in [-0.05, 0) is 49.2 Å². The summed E-state index contributed by atoms with van der Waals surface area (Å²) in [5.41, 5.74) is 0.831. The molecule has 132 valence electrons. The lowest BCUT2D eigenvalue weighted by Gasteiger charge is -2.42. The summed E-state index contributed by atoms with van der Waals surface area (Å²) in [6.07, 6.45) is 4.56. The number of nitrogens with zero attached hydrogens (tertiary/aromatic N) is 2. The Morgan fingerprint density at radius 3 is 2.32 bits per heavy atom. The number of anilines is 1. The first-order chi connectivity index (χ1) is 12.0. The molecule has 0 saturated carbocycles. The number of furan rings is 1. The molecule has 2 aliphatic rings. The molecule has 2 atom stereocenters. The van der Waals surface area contributed by atoms with Crippen LogP contribution in [0.5, 0.6) is 0 Å². The van der Waals surface area contributed by atoms with E-state index in [-0.39, 0.29) is 18.0 Å². The van der Waals surface area contributed by atoms with E-state index in [2.05, 4.69) is 0 Å². The smallest absolute Gasteiger partial charge is 0.254 e. The maximum atomic E-state index is 13.0. The van der Waals surface area contributed by atoms with E-state index in [1.807, 2.05) is 54.2 Å². The lowest BCUT2D eigenvalue weighted by Crippen LogP contribution is -2.51. The molecule has 0 aliphatic carbocycles. The first-order valence-electron chi connectivity index (χ1n) is 8.84. The monoisotopic (exact) mass is 340 g/mol. The topological polar surface area (TPSA) is 56.9 Å². The third-order valence-electron chi connectivity index (χ3n) is 5.61. The molecule has 5 nitrogen and oxygen atoms in total. The highest BCUT2D eigenvalue weighted by molar-refractivity contribution is 5.95. The molecule has 1 aromatic heterocycles. The number of hydrogen-bond acceptors (Lipinski definition) is 4. The van der Waals surface area contributed by atoms with Crippen LogP contribution in [0.4, 0.5) is 5.69 Å². The zero-order chi connectivity index (χ0) is 17.6. The Balaban J connectivity index is 1.55. The highest BCUT2D eigenvalue weighted by Gasteiger charge is 2.51. The third kappa shape index (κ3) is 2.72. The standard InChI is InChI=1S/C20H24N2O3/c1-21(2)15-7-5-14(6-8-15)19(23)22-16-9-10-17(22)13-20(24,12-16)18-4-3-11-25-18/h3-8,11,16-17,24H,9-10,12-13H2,1-2H3/t16-,17-/m1/s1. The molecule has 1 amide bonds. The first kappa shape index (κ1) is 16.2. The minimum Gasteiger partial charge on any atom is -0.466 e. The zero-order valence-electron chi connectivity index (χ0n) is 14.7. The van der Waals surface area contributed by atoms with Gasteiger partial charge in [0.1, 0.15) is 11.4 Å². The van der Waals surface area contributed by atoms with Crippen molar-refractivity contribution in [3.63, 3.8) is 0 Å². The van der Waals surface area contributed by atoms with Crippen LogP contribution in [-0.2, 0) is 5.60 Å². The molecule has 3 heterocycles. The minimum atomic E-state index is -0.957. The van der Waals surface area contributed by atoms with Gasteiger partial charge in [0.25, 0.3) is 5.91 Å². The molecular formula is C20H24N2O3. The lowest BCUT2D eigenvalue weighted by atomic mass is 9.84. The van der Waals surface area contributed by atoms with E-state index in [1.54, 1.807) is 12.3 Å². The molecule has 2 aromatic rings. The van der Waals surface area contributed by atoms with Crippen LogP contribution >= 0.6 is 0 Å². The van der Waals surface area contributed by atoms with E-state index in [9.17, 15) is 9.90 Å². The molecule has 25 heavy (non-hydrogen) atoms. The van der Waals surface area contributed by atoms with Gasteiger partial charge in [-0.15, -0.1) is 0 Å². The van der Waals surface area contributed by atoms with Crippen molar-refractivity contribution in [3.05, 3.63) is 54.0 Å². The molecule has 0 radical (unpaired) electrons. The zero-order valence-corrected chi connectivity index (χ0v) is 14.7. The largest absolute Gasteiger partial charge is 0.466 e. The Morgan fingerprint density at radius 1 is 1.16 bits per heavy atom. The highest BCUT2D eigenvalue weighted by Crippen LogP contribution is 2.46. The summed E-state index contributed by atoms with van der Waals surface area (Å²) in [7, 11) is 3.97. The van der Waals surface area contributed by atoms with Crippen LogP contribution in [0.1, 0.15) is 41.8 Å². The van der Waals surface area contributed by atoms with E-state index in [1.165, 1.54) is 0 Å².